The summed E-state index contributed by atoms with van der Waals surface area (Å²) in [6.07, 6.45) is 7.89. The molecule has 0 saturated carbocycles. The second-order valence-electron chi connectivity index (χ2n) is 7.31. The molecule has 0 unspecified atom stereocenters. The molecule has 27 heavy (non-hydrogen) atoms. The molecule has 0 saturated heterocycles. The molecule has 0 bridgehead atoms. The SMILES string of the molecule is COc1ccc(CC(=O)Nc2c3c(nc4c2CCC4)CCCC3)cc1OC. The Morgan fingerprint density at radius 3 is 2.37 bits per heavy atom. The molecule has 2 aromatic rings. The number of ether oxygens (including phenoxy) is 2. The van der Waals surface area contributed by atoms with Crippen LogP contribution in [0.25, 0.3) is 0 Å². The molecule has 2 aliphatic carbocycles. The lowest BCUT2D eigenvalue weighted by Gasteiger charge is -2.22. The first-order valence-corrected chi connectivity index (χ1v) is 9.74. The highest BCUT2D eigenvalue weighted by atomic mass is 16.5. The van der Waals surface area contributed by atoms with Crippen molar-refractivity contribution in [1.82, 2.24) is 4.98 Å². The summed E-state index contributed by atoms with van der Waals surface area (Å²) in [7, 11) is 3.21. The lowest BCUT2D eigenvalue weighted by Crippen LogP contribution is -2.20. The molecule has 1 amide bonds. The van der Waals surface area contributed by atoms with E-state index in [0.29, 0.717) is 17.9 Å². The number of benzene rings is 1. The number of anilines is 1. The second-order valence-corrected chi connectivity index (χ2v) is 7.31. The van der Waals surface area contributed by atoms with E-state index in [0.717, 1.165) is 43.4 Å². The Morgan fingerprint density at radius 2 is 1.63 bits per heavy atom. The predicted octanol–water partition coefficient (Wildman–Crippen LogP) is 3.65. The number of hydrogen-bond donors (Lipinski definition) is 1. The van der Waals surface area contributed by atoms with Crippen molar-refractivity contribution in [2.24, 2.45) is 0 Å². The molecular formula is C22H26N2O3. The van der Waals surface area contributed by atoms with Crippen LogP contribution in [0.3, 0.4) is 0 Å². The van der Waals surface area contributed by atoms with Gasteiger partial charge in [-0.3, -0.25) is 9.78 Å². The van der Waals surface area contributed by atoms with Crippen LogP contribution in [0.2, 0.25) is 0 Å². The number of carbonyl (C=O) groups is 1. The molecule has 1 N–H and O–H groups in total. The van der Waals surface area contributed by atoms with Gasteiger partial charge in [0.25, 0.3) is 0 Å². The minimum Gasteiger partial charge on any atom is -0.493 e. The van der Waals surface area contributed by atoms with E-state index in [1.165, 1.54) is 35.4 Å². The minimum absolute atomic E-state index is 0.00953. The molecule has 142 valence electrons. The predicted molar refractivity (Wildman–Crippen MR) is 105 cm³/mol. The van der Waals surface area contributed by atoms with Crippen LogP contribution in [0.4, 0.5) is 5.69 Å². The Labute approximate surface area is 160 Å². The van der Waals surface area contributed by atoms with Crippen molar-refractivity contribution in [2.75, 3.05) is 19.5 Å². The van der Waals surface area contributed by atoms with Crippen molar-refractivity contribution in [3.63, 3.8) is 0 Å². The standard InChI is InChI=1S/C22H26N2O3/c1-26-19-11-10-14(12-20(19)27-2)13-21(25)24-22-15-6-3-4-8-17(15)23-18-9-5-7-16(18)22/h10-12H,3-9,13H2,1-2H3,(H,23,24,25). The van der Waals surface area contributed by atoms with E-state index >= 15 is 0 Å². The van der Waals surface area contributed by atoms with Gasteiger partial charge in [0.2, 0.25) is 5.91 Å². The van der Waals surface area contributed by atoms with Crippen LogP contribution in [0.1, 0.15) is 47.3 Å². The lowest BCUT2D eigenvalue weighted by molar-refractivity contribution is -0.115. The van der Waals surface area contributed by atoms with Gasteiger partial charge in [-0.1, -0.05) is 6.07 Å². The van der Waals surface area contributed by atoms with Crippen molar-refractivity contribution < 1.29 is 14.3 Å². The van der Waals surface area contributed by atoms with Crippen LogP contribution in [-0.4, -0.2) is 25.1 Å². The van der Waals surface area contributed by atoms with Gasteiger partial charge in [-0.2, -0.15) is 0 Å². The third-order valence-corrected chi connectivity index (χ3v) is 5.58. The van der Waals surface area contributed by atoms with Crippen molar-refractivity contribution in [2.45, 2.75) is 51.4 Å². The zero-order chi connectivity index (χ0) is 18.8. The highest BCUT2D eigenvalue weighted by molar-refractivity contribution is 5.94. The first kappa shape index (κ1) is 17.8. The first-order chi connectivity index (χ1) is 13.2. The van der Waals surface area contributed by atoms with E-state index in [2.05, 4.69) is 5.32 Å². The molecule has 0 aliphatic heterocycles. The Hall–Kier alpha value is -2.56. The minimum atomic E-state index is 0.00953. The first-order valence-electron chi connectivity index (χ1n) is 9.74. The van der Waals surface area contributed by atoms with E-state index in [1.807, 2.05) is 18.2 Å². The average Bonchev–Trinajstić information content (AvgIpc) is 3.16. The molecule has 5 nitrogen and oxygen atoms in total. The van der Waals surface area contributed by atoms with E-state index in [9.17, 15) is 4.79 Å². The van der Waals surface area contributed by atoms with Crippen molar-refractivity contribution in [3.05, 3.63) is 46.3 Å². The summed E-state index contributed by atoms with van der Waals surface area (Å²) in [5.74, 6) is 1.32. The Bertz CT molecular complexity index is 876. The van der Waals surface area contributed by atoms with E-state index < -0.39 is 0 Å². The summed E-state index contributed by atoms with van der Waals surface area (Å²) >= 11 is 0. The normalized spacial score (nSPS) is 15.0. The largest absolute Gasteiger partial charge is 0.493 e. The fraction of sp³-hybridized carbons (Fsp3) is 0.455. The summed E-state index contributed by atoms with van der Waals surface area (Å²) in [4.78, 5) is 17.7. The Morgan fingerprint density at radius 1 is 0.963 bits per heavy atom. The topological polar surface area (TPSA) is 60.5 Å². The van der Waals surface area contributed by atoms with Gasteiger partial charge in [-0.15, -0.1) is 0 Å². The number of hydrogen-bond acceptors (Lipinski definition) is 4. The number of carbonyl (C=O) groups excluding carboxylic acids is 1. The molecule has 5 heteroatoms. The van der Waals surface area contributed by atoms with E-state index in [-0.39, 0.29) is 5.91 Å². The van der Waals surface area contributed by atoms with Crippen LogP contribution >= 0.6 is 0 Å². The number of fused-ring (bicyclic) bond motifs is 2. The lowest BCUT2D eigenvalue weighted by atomic mass is 9.92. The van der Waals surface area contributed by atoms with Crippen molar-refractivity contribution in [1.29, 1.82) is 0 Å². The molecule has 1 aromatic carbocycles. The molecule has 2 aliphatic rings. The van der Waals surface area contributed by atoms with Crippen LogP contribution in [0.5, 0.6) is 11.5 Å². The smallest absolute Gasteiger partial charge is 0.228 e. The zero-order valence-corrected chi connectivity index (χ0v) is 16.1. The second kappa shape index (κ2) is 7.59. The molecule has 1 heterocycles. The summed E-state index contributed by atoms with van der Waals surface area (Å²) in [5, 5.41) is 3.23. The zero-order valence-electron chi connectivity index (χ0n) is 16.1. The maximum absolute atomic E-state index is 12.8. The van der Waals surface area contributed by atoms with Crippen molar-refractivity contribution in [3.8, 4) is 11.5 Å². The molecule has 1 aromatic heterocycles. The molecular weight excluding hydrogens is 340 g/mol. The molecule has 0 fully saturated rings. The average molecular weight is 366 g/mol. The quantitative estimate of drug-likeness (QED) is 0.877. The van der Waals surface area contributed by atoms with Crippen LogP contribution in [0.15, 0.2) is 18.2 Å². The number of nitrogens with one attached hydrogen (secondary N) is 1. The fourth-order valence-electron chi connectivity index (χ4n) is 4.26. The number of aryl methyl sites for hydroxylation is 2. The maximum atomic E-state index is 12.8. The highest BCUT2D eigenvalue weighted by Crippen LogP contribution is 2.36. The van der Waals surface area contributed by atoms with Crippen molar-refractivity contribution >= 4 is 11.6 Å². The van der Waals surface area contributed by atoms with E-state index in [1.54, 1.807) is 14.2 Å². The molecule has 0 atom stereocenters. The number of aromatic nitrogens is 1. The van der Waals surface area contributed by atoms with Gasteiger partial charge in [-0.05, 0) is 73.8 Å². The van der Waals surface area contributed by atoms with Gasteiger partial charge in [0, 0.05) is 11.4 Å². The van der Waals surface area contributed by atoms with Crippen LogP contribution in [0, 0.1) is 0 Å². The Balaban J connectivity index is 1.58. The Kier molecular flexibility index (Phi) is 5.01. The van der Waals surface area contributed by atoms with Gasteiger partial charge >= 0.3 is 0 Å². The van der Waals surface area contributed by atoms with Crippen LogP contribution < -0.4 is 14.8 Å². The van der Waals surface area contributed by atoms with Gasteiger partial charge in [0.1, 0.15) is 0 Å². The monoisotopic (exact) mass is 366 g/mol. The maximum Gasteiger partial charge on any atom is 0.228 e. The van der Waals surface area contributed by atoms with Gasteiger partial charge in [-0.25, -0.2) is 0 Å². The summed E-state index contributed by atoms with van der Waals surface area (Å²) in [6, 6.07) is 5.62. The molecule has 0 radical (unpaired) electrons. The van der Waals surface area contributed by atoms with Gasteiger partial charge in [0.05, 0.1) is 26.3 Å². The molecule has 0 spiro atoms. The number of amides is 1. The summed E-state index contributed by atoms with van der Waals surface area (Å²) in [6.45, 7) is 0. The molecule has 4 rings (SSSR count). The van der Waals surface area contributed by atoms with Crippen LogP contribution in [-0.2, 0) is 36.9 Å². The summed E-state index contributed by atoms with van der Waals surface area (Å²) < 4.78 is 10.6. The highest BCUT2D eigenvalue weighted by Gasteiger charge is 2.25. The summed E-state index contributed by atoms with van der Waals surface area (Å²) in [5.41, 5.74) is 6.88. The van der Waals surface area contributed by atoms with E-state index in [4.69, 9.17) is 14.5 Å². The third kappa shape index (κ3) is 3.51. The number of pyridine rings is 1. The van der Waals surface area contributed by atoms with Gasteiger partial charge in [0.15, 0.2) is 11.5 Å². The van der Waals surface area contributed by atoms with Gasteiger partial charge < -0.3 is 14.8 Å². The number of methoxy groups -OCH3 is 2. The fourth-order valence-corrected chi connectivity index (χ4v) is 4.26. The number of rotatable bonds is 5. The third-order valence-electron chi connectivity index (χ3n) is 5.58. The number of nitrogens with zero attached hydrogens (tertiary/aromatic N) is 1.